The average molecular weight is 320 g/mol. The van der Waals surface area contributed by atoms with E-state index in [2.05, 4.69) is 10.3 Å². The van der Waals surface area contributed by atoms with Crippen molar-refractivity contribution in [1.82, 2.24) is 10.3 Å². The van der Waals surface area contributed by atoms with Crippen LogP contribution in [-0.2, 0) is 0 Å². The molecule has 0 saturated heterocycles. The van der Waals surface area contributed by atoms with E-state index >= 15 is 0 Å². The zero-order chi connectivity index (χ0) is 14.8. The number of hydrogen-bond donors (Lipinski definition) is 2. The van der Waals surface area contributed by atoms with Gasteiger partial charge >= 0.3 is 0 Å². The van der Waals surface area contributed by atoms with E-state index in [9.17, 15) is 4.79 Å². The number of aryl methyl sites for hydroxylation is 1. The summed E-state index contributed by atoms with van der Waals surface area (Å²) < 4.78 is 0. The summed E-state index contributed by atoms with van der Waals surface area (Å²) in [7, 11) is 0. The Hall–Kier alpha value is -1.65. The maximum absolute atomic E-state index is 12.6. The largest absolute Gasteiger partial charge is 0.348 e. The Balaban J connectivity index is 0.00000176. The number of rotatable bonds is 2. The molecule has 0 radical (unpaired) electrons. The predicted molar refractivity (Wildman–Crippen MR) is 91.4 cm³/mol. The molecule has 1 heterocycles. The first-order chi connectivity index (χ1) is 10.1. The lowest BCUT2D eigenvalue weighted by atomic mass is 9.90. The van der Waals surface area contributed by atoms with Crippen LogP contribution in [0.15, 0.2) is 30.3 Å². The third-order valence-electron chi connectivity index (χ3n) is 4.22. The van der Waals surface area contributed by atoms with E-state index in [0.717, 1.165) is 42.3 Å². The molecule has 0 spiro atoms. The molecule has 1 aliphatic carbocycles. The van der Waals surface area contributed by atoms with Gasteiger partial charge in [0.25, 0.3) is 5.91 Å². The maximum atomic E-state index is 12.6. The second-order valence-electron chi connectivity index (χ2n) is 5.86. The Kier molecular flexibility index (Phi) is 5.37. The number of halogens is 1. The Morgan fingerprint density at radius 1 is 1.27 bits per heavy atom. The molecule has 5 heteroatoms. The molecule has 1 fully saturated rings. The fourth-order valence-corrected chi connectivity index (χ4v) is 3.08. The smallest absolute Gasteiger partial charge is 0.252 e. The fourth-order valence-electron chi connectivity index (χ4n) is 3.08. The number of nitrogens with one attached hydrogen (secondary N) is 1. The van der Waals surface area contributed by atoms with Crippen molar-refractivity contribution >= 4 is 29.2 Å². The van der Waals surface area contributed by atoms with Gasteiger partial charge in [0, 0.05) is 23.2 Å². The lowest BCUT2D eigenvalue weighted by Gasteiger charge is -2.29. The van der Waals surface area contributed by atoms with Crippen molar-refractivity contribution in [2.24, 2.45) is 5.73 Å². The number of hydrogen-bond acceptors (Lipinski definition) is 3. The van der Waals surface area contributed by atoms with Gasteiger partial charge in [-0.2, -0.15) is 0 Å². The van der Waals surface area contributed by atoms with Crippen molar-refractivity contribution < 1.29 is 4.79 Å². The number of nitrogens with zero attached hydrogens (tertiary/aromatic N) is 1. The van der Waals surface area contributed by atoms with Crippen LogP contribution in [0.1, 0.15) is 41.7 Å². The lowest BCUT2D eigenvalue weighted by molar-refractivity contribution is 0.0923. The first-order valence-electron chi connectivity index (χ1n) is 7.58. The number of fused-ring (bicyclic) bond motifs is 1. The molecular weight excluding hydrogens is 298 g/mol. The van der Waals surface area contributed by atoms with E-state index in [1.807, 2.05) is 37.3 Å². The molecule has 3 rings (SSSR count). The summed E-state index contributed by atoms with van der Waals surface area (Å²) in [6.07, 6.45) is 4.25. The van der Waals surface area contributed by atoms with Gasteiger partial charge in [-0.25, -0.2) is 0 Å². The first-order valence-corrected chi connectivity index (χ1v) is 7.58. The van der Waals surface area contributed by atoms with Crippen LogP contribution in [-0.4, -0.2) is 23.0 Å². The van der Waals surface area contributed by atoms with E-state index in [0.29, 0.717) is 5.56 Å². The van der Waals surface area contributed by atoms with Gasteiger partial charge < -0.3 is 11.1 Å². The number of para-hydroxylation sites is 1. The molecule has 1 amide bonds. The van der Waals surface area contributed by atoms with Crippen molar-refractivity contribution in [3.63, 3.8) is 0 Å². The molecule has 0 bridgehead atoms. The fraction of sp³-hybridized carbons (Fsp3) is 0.412. The van der Waals surface area contributed by atoms with Crippen molar-refractivity contribution in [3.05, 3.63) is 41.6 Å². The zero-order valence-electron chi connectivity index (χ0n) is 12.7. The standard InChI is InChI=1S/C17H21N3O.ClH/c1-11-10-13(12-6-2-4-8-15(12)19-11)17(21)20-16-9-5-3-7-14(16)18;/h2,4,6,8,10,14,16H,3,5,7,9,18H2,1H3,(H,20,21);1H/t14-,16-;/m1./s1. The zero-order valence-corrected chi connectivity index (χ0v) is 13.5. The van der Waals surface area contributed by atoms with Gasteiger partial charge in [0.05, 0.1) is 11.1 Å². The molecule has 22 heavy (non-hydrogen) atoms. The Bertz CT molecular complexity index is 674. The molecule has 0 aliphatic heterocycles. The van der Waals surface area contributed by atoms with Crippen LogP contribution in [0, 0.1) is 6.92 Å². The van der Waals surface area contributed by atoms with Crippen LogP contribution in [0.25, 0.3) is 10.9 Å². The predicted octanol–water partition coefficient (Wildman–Crippen LogP) is 2.96. The highest BCUT2D eigenvalue weighted by molar-refractivity contribution is 6.06. The molecule has 118 valence electrons. The summed E-state index contributed by atoms with van der Waals surface area (Å²) in [5, 5.41) is 4.01. The lowest BCUT2D eigenvalue weighted by Crippen LogP contribution is -2.49. The summed E-state index contributed by atoms with van der Waals surface area (Å²) in [6.45, 7) is 1.91. The summed E-state index contributed by atoms with van der Waals surface area (Å²) >= 11 is 0. The van der Waals surface area contributed by atoms with E-state index in [1.165, 1.54) is 0 Å². The second-order valence-corrected chi connectivity index (χ2v) is 5.86. The number of carbonyl (C=O) groups is 1. The summed E-state index contributed by atoms with van der Waals surface area (Å²) in [5.41, 5.74) is 8.52. The third-order valence-corrected chi connectivity index (χ3v) is 4.22. The summed E-state index contributed by atoms with van der Waals surface area (Å²) in [4.78, 5) is 17.1. The van der Waals surface area contributed by atoms with Gasteiger partial charge in [-0.1, -0.05) is 31.0 Å². The molecule has 1 aliphatic rings. The third kappa shape index (κ3) is 3.39. The number of carbonyl (C=O) groups excluding carboxylic acids is 1. The van der Waals surface area contributed by atoms with Gasteiger partial charge in [0.2, 0.25) is 0 Å². The SMILES string of the molecule is Cc1cc(C(=O)N[C@@H]2CCCC[C@H]2N)c2ccccc2n1.Cl. The Morgan fingerprint density at radius 3 is 2.77 bits per heavy atom. The molecule has 2 aromatic rings. The number of pyridine rings is 1. The van der Waals surface area contributed by atoms with Gasteiger partial charge in [-0.3, -0.25) is 9.78 Å². The monoisotopic (exact) mass is 319 g/mol. The van der Waals surface area contributed by atoms with Crippen LogP contribution >= 0.6 is 12.4 Å². The van der Waals surface area contributed by atoms with Crippen molar-refractivity contribution in [3.8, 4) is 0 Å². The van der Waals surface area contributed by atoms with E-state index in [-0.39, 0.29) is 30.4 Å². The minimum absolute atomic E-state index is 0. The van der Waals surface area contributed by atoms with E-state index < -0.39 is 0 Å². The molecule has 3 N–H and O–H groups in total. The summed E-state index contributed by atoms with van der Waals surface area (Å²) in [6, 6.07) is 9.75. The number of benzene rings is 1. The van der Waals surface area contributed by atoms with E-state index in [1.54, 1.807) is 0 Å². The van der Waals surface area contributed by atoms with Crippen LogP contribution < -0.4 is 11.1 Å². The highest BCUT2D eigenvalue weighted by Gasteiger charge is 2.24. The number of aromatic nitrogens is 1. The first kappa shape index (κ1) is 16.7. The molecule has 0 unspecified atom stereocenters. The molecule has 2 atom stereocenters. The van der Waals surface area contributed by atoms with E-state index in [4.69, 9.17) is 5.73 Å². The number of nitrogens with two attached hydrogens (primary N) is 1. The average Bonchev–Trinajstić information content (AvgIpc) is 2.48. The minimum Gasteiger partial charge on any atom is -0.348 e. The highest BCUT2D eigenvalue weighted by atomic mass is 35.5. The van der Waals surface area contributed by atoms with Crippen LogP contribution in [0.4, 0.5) is 0 Å². The second kappa shape index (κ2) is 7.07. The van der Waals surface area contributed by atoms with Crippen LogP contribution in [0.2, 0.25) is 0 Å². The topological polar surface area (TPSA) is 68.0 Å². The van der Waals surface area contributed by atoms with Crippen molar-refractivity contribution in [2.45, 2.75) is 44.7 Å². The number of amides is 1. The van der Waals surface area contributed by atoms with Gasteiger partial charge in [-0.05, 0) is 31.9 Å². The summed E-state index contributed by atoms with van der Waals surface area (Å²) in [5.74, 6) is -0.0425. The quantitative estimate of drug-likeness (QED) is 0.894. The maximum Gasteiger partial charge on any atom is 0.252 e. The van der Waals surface area contributed by atoms with Gasteiger partial charge in [0.1, 0.15) is 0 Å². The van der Waals surface area contributed by atoms with Gasteiger partial charge in [0.15, 0.2) is 0 Å². The van der Waals surface area contributed by atoms with Crippen LogP contribution in [0.3, 0.4) is 0 Å². The Labute approximate surface area is 136 Å². The van der Waals surface area contributed by atoms with Crippen molar-refractivity contribution in [1.29, 1.82) is 0 Å². The van der Waals surface area contributed by atoms with Crippen LogP contribution in [0.5, 0.6) is 0 Å². The van der Waals surface area contributed by atoms with Crippen molar-refractivity contribution in [2.75, 3.05) is 0 Å². The van der Waals surface area contributed by atoms with Gasteiger partial charge in [-0.15, -0.1) is 12.4 Å². The normalized spacial score (nSPS) is 21.2. The molecule has 1 aromatic carbocycles. The minimum atomic E-state index is -0.0425. The molecular formula is C17H22ClN3O. The molecule has 1 aromatic heterocycles. The highest BCUT2D eigenvalue weighted by Crippen LogP contribution is 2.20. The molecule has 1 saturated carbocycles. The Morgan fingerprint density at radius 2 is 2.00 bits per heavy atom. The molecule has 4 nitrogen and oxygen atoms in total.